The van der Waals surface area contributed by atoms with E-state index in [9.17, 15) is 0 Å². The van der Waals surface area contributed by atoms with Crippen molar-refractivity contribution in [1.82, 2.24) is 4.90 Å². The summed E-state index contributed by atoms with van der Waals surface area (Å²) in [7, 11) is 3.40. The topological polar surface area (TPSA) is 21.7 Å². The zero-order chi connectivity index (χ0) is 14.7. The first kappa shape index (κ1) is 14.5. The molecule has 1 fully saturated rings. The van der Waals surface area contributed by atoms with Crippen molar-refractivity contribution in [3.05, 3.63) is 28.8 Å². The molecule has 0 atom stereocenters. The Morgan fingerprint density at radius 3 is 2.43 bits per heavy atom. The Labute approximate surface area is 127 Å². The lowest BCUT2D eigenvalue weighted by molar-refractivity contribution is 0.342. The minimum absolute atomic E-state index is 0.827. The Morgan fingerprint density at radius 1 is 1.00 bits per heavy atom. The zero-order valence-corrected chi connectivity index (χ0v) is 13.2. The Hall–Kier alpha value is -1.48. The molecule has 3 rings (SSSR count). The number of methoxy groups -OCH3 is 2. The third-order valence-corrected chi connectivity index (χ3v) is 4.67. The first-order valence-electron chi connectivity index (χ1n) is 7.97. The van der Waals surface area contributed by atoms with Crippen LogP contribution in [0.15, 0.2) is 17.7 Å². The second kappa shape index (κ2) is 6.52. The van der Waals surface area contributed by atoms with Gasteiger partial charge < -0.3 is 14.4 Å². The van der Waals surface area contributed by atoms with E-state index in [-0.39, 0.29) is 0 Å². The van der Waals surface area contributed by atoms with Crippen LogP contribution in [0, 0.1) is 0 Å². The summed E-state index contributed by atoms with van der Waals surface area (Å²) in [4.78, 5) is 2.59. The van der Waals surface area contributed by atoms with Crippen LogP contribution in [0.3, 0.4) is 0 Å². The van der Waals surface area contributed by atoms with E-state index in [4.69, 9.17) is 9.47 Å². The predicted octanol–water partition coefficient (Wildman–Crippen LogP) is 3.52. The number of hydrogen-bond donors (Lipinski definition) is 0. The summed E-state index contributed by atoms with van der Waals surface area (Å²) in [5.74, 6) is 1.67. The Bertz CT molecular complexity index is 530. The van der Waals surface area contributed by atoms with E-state index in [0.717, 1.165) is 17.9 Å². The van der Waals surface area contributed by atoms with Crippen LogP contribution in [0.2, 0.25) is 0 Å². The van der Waals surface area contributed by atoms with Crippen molar-refractivity contribution in [3.63, 3.8) is 0 Å². The molecule has 21 heavy (non-hydrogen) atoms. The van der Waals surface area contributed by atoms with Gasteiger partial charge in [-0.15, -0.1) is 0 Å². The first-order chi connectivity index (χ1) is 10.3. The van der Waals surface area contributed by atoms with Gasteiger partial charge in [-0.3, -0.25) is 0 Å². The van der Waals surface area contributed by atoms with Gasteiger partial charge in [0.2, 0.25) is 0 Å². The van der Waals surface area contributed by atoms with Crippen molar-refractivity contribution in [3.8, 4) is 11.5 Å². The fraction of sp³-hybridized carbons (Fsp3) is 0.556. The van der Waals surface area contributed by atoms with Crippen molar-refractivity contribution in [2.75, 3.05) is 33.9 Å². The molecule has 0 amide bonds. The van der Waals surface area contributed by atoms with Crippen molar-refractivity contribution >= 4 is 6.08 Å². The van der Waals surface area contributed by atoms with Crippen LogP contribution >= 0.6 is 0 Å². The van der Waals surface area contributed by atoms with Gasteiger partial charge in [-0.2, -0.15) is 0 Å². The van der Waals surface area contributed by atoms with Crippen molar-refractivity contribution < 1.29 is 9.47 Å². The van der Waals surface area contributed by atoms with Gasteiger partial charge in [-0.1, -0.05) is 11.6 Å². The lowest BCUT2D eigenvalue weighted by atomic mass is 9.90. The molecular weight excluding hydrogens is 262 g/mol. The highest BCUT2D eigenvalue weighted by molar-refractivity contribution is 5.64. The number of likely N-dealkylation sites (tertiary alicyclic amines) is 1. The van der Waals surface area contributed by atoms with Crippen LogP contribution in [0.25, 0.3) is 6.08 Å². The maximum absolute atomic E-state index is 5.42. The zero-order valence-electron chi connectivity index (χ0n) is 13.2. The molecule has 0 radical (unpaired) electrons. The number of hydrogen-bond acceptors (Lipinski definition) is 3. The average Bonchev–Trinajstić information content (AvgIpc) is 3.04. The molecule has 3 nitrogen and oxygen atoms in total. The van der Waals surface area contributed by atoms with Crippen LogP contribution in [-0.4, -0.2) is 38.8 Å². The van der Waals surface area contributed by atoms with Crippen LogP contribution in [0.5, 0.6) is 11.5 Å². The van der Waals surface area contributed by atoms with E-state index in [2.05, 4.69) is 23.1 Å². The normalized spacial score (nSPS) is 18.3. The first-order valence-corrected chi connectivity index (χ1v) is 7.97. The molecule has 3 heteroatoms. The van der Waals surface area contributed by atoms with Crippen LogP contribution in [0.4, 0.5) is 0 Å². The molecule has 0 N–H and O–H groups in total. The van der Waals surface area contributed by atoms with E-state index >= 15 is 0 Å². The molecule has 1 aromatic carbocycles. The third kappa shape index (κ3) is 3.24. The smallest absolute Gasteiger partial charge is 0.161 e. The van der Waals surface area contributed by atoms with Crippen LogP contribution in [-0.2, 0) is 6.42 Å². The van der Waals surface area contributed by atoms with Gasteiger partial charge in [0.15, 0.2) is 11.5 Å². The molecule has 1 aliphatic carbocycles. The fourth-order valence-corrected chi connectivity index (χ4v) is 3.38. The molecule has 1 saturated heterocycles. The molecular formula is C18H25NO2. The molecule has 1 aromatic rings. The summed E-state index contributed by atoms with van der Waals surface area (Å²) in [6.45, 7) is 3.79. The maximum Gasteiger partial charge on any atom is 0.161 e. The van der Waals surface area contributed by atoms with Gasteiger partial charge in [-0.05, 0) is 68.5 Å². The number of nitrogens with zero attached hydrogens (tertiary/aromatic N) is 1. The van der Waals surface area contributed by atoms with Crippen molar-refractivity contribution in [2.24, 2.45) is 0 Å². The molecule has 0 unspecified atom stereocenters. The predicted molar refractivity (Wildman–Crippen MR) is 86.1 cm³/mol. The number of fused-ring (bicyclic) bond motifs is 1. The summed E-state index contributed by atoms with van der Waals surface area (Å²) in [5.41, 5.74) is 4.24. The van der Waals surface area contributed by atoms with Crippen molar-refractivity contribution in [2.45, 2.75) is 32.1 Å². The number of benzene rings is 1. The SMILES string of the molecule is COc1cc2c(cc1OC)CCC(CCN1CCCC1)=C2. The minimum atomic E-state index is 0.827. The number of aryl methyl sites for hydroxylation is 1. The molecule has 0 bridgehead atoms. The molecule has 2 aliphatic rings. The fourth-order valence-electron chi connectivity index (χ4n) is 3.38. The quantitative estimate of drug-likeness (QED) is 0.827. The second-order valence-corrected chi connectivity index (χ2v) is 6.01. The van der Waals surface area contributed by atoms with Crippen LogP contribution in [0.1, 0.15) is 36.8 Å². The van der Waals surface area contributed by atoms with E-state index in [1.807, 2.05) is 0 Å². The highest BCUT2D eigenvalue weighted by Crippen LogP contribution is 2.35. The molecule has 114 valence electrons. The Morgan fingerprint density at radius 2 is 1.71 bits per heavy atom. The van der Waals surface area contributed by atoms with Gasteiger partial charge in [0.25, 0.3) is 0 Å². The lowest BCUT2D eigenvalue weighted by Gasteiger charge is -2.21. The highest BCUT2D eigenvalue weighted by atomic mass is 16.5. The summed E-state index contributed by atoms with van der Waals surface area (Å²) in [5, 5.41) is 0. The molecule has 1 aliphatic heterocycles. The minimum Gasteiger partial charge on any atom is -0.493 e. The molecule has 0 spiro atoms. The van der Waals surface area contributed by atoms with Gasteiger partial charge in [0.05, 0.1) is 14.2 Å². The third-order valence-electron chi connectivity index (χ3n) is 4.67. The number of ether oxygens (including phenoxy) is 2. The summed E-state index contributed by atoms with van der Waals surface area (Å²) in [6, 6.07) is 4.24. The largest absolute Gasteiger partial charge is 0.493 e. The monoisotopic (exact) mass is 287 g/mol. The lowest BCUT2D eigenvalue weighted by Crippen LogP contribution is -2.21. The molecule has 0 aromatic heterocycles. The molecule has 1 heterocycles. The van der Waals surface area contributed by atoms with E-state index in [1.165, 1.54) is 56.4 Å². The maximum atomic E-state index is 5.42. The Kier molecular flexibility index (Phi) is 4.49. The molecule has 0 saturated carbocycles. The summed E-state index contributed by atoms with van der Waals surface area (Å²) >= 11 is 0. The van der Waals surface area contributed by atoms with E-state index in [1.54, 1.807) is 19.8 Å². The van der Waals surface area contributed by atoms with Gasteiger partial charge in [0, 0.05) is 6.54 Å². The average molecular weight is 287 g/mol. The highest BCUT2D eigenvalue weighted by Gasteiger charge is 2.16. The van der Waals surface area contributed by atoms with Gasteiger partial charge in [-0.25, -0.2) is 0 Å². The van der Waals surface area contributed by atoms with Gasteiger partial charge in [0.1, 0.15) is 0 Å². The van der Waals surface area contributed by atoms with E-state index in [0.29, 0.717) is 0 Å². The van der Waals surface area contributed by atoms with E-state index < -0.39 is 0 Å². The summed E-state index contributed by atoms with van der Waals surface area (Å²) in [6.07, 6.45) is 8.60. The second-order valence-electron chi connectivity index (χ2n) is 6.01. The van der Waals surface area contributed by atoms with Gasteiger partial charge >= 0.3 is 0 Å². The summed E-state index contributed by atoms with van der Waals surface area (Å²) < 4.78 is 10.8. The van der Waals surface area contributed by atoms with Crippen molar-refractivity contribution in [1.29, 1.82) is 0 Å². The Balaban J connectivity index is 1.73. The standard InChI is InChI=1S/C18H25NO2/c1-20-17-12-15-6-5-14(7-10-19-8-3-4-9-19)11-16(15)13-18(17)21-2/h11-13H,3-10H2,1-2H3. The number of rotatable bonds is 5. The van der Waals surface area contributed by atoms with Crippen LogP contribution < -0.4 is 9.47 Å².